The van der Waals surface area contributed by atoms with Crippen molar-refractivity contribution in [1.29, 1.82) is 0 Å². The fraction of sp³-hybridized carbons (Fsp3) is 0.385. The van der Waals surface area contributed by atoms with E-state index in [0.29, 0.717) is 0 Å². The maximum absolute atomic E-state index is 13.4. The minimum atomic E-state index is -0.222. The van der Waals surface area contributed by atoms with Gasteiger partial charge in [0, 0.05) is 17.0 Å². The summed E-state index contributed by atoms with van der Waals surface area (Å²) in [5, 5.41) is 0.812. The van der Waals surface area contributed by atoms with E-state index in [1.807, 2.05) is 13.8 Å². The van der Waals surface area contributed by atoms with Gasteiger partial charge in [-0.25, -0.2) is 4.39 Å². The van der Waals surface area contributed by atoms with Crippen LogP contribution in [0.5, 0.6) is 0 Å². The molecule has 0 amide bonds. The molecule has 0 radical (unpaired) electrons. The van der Waals surface area contributed by atoms with Gasteiger partial charge in [0.2, 0.25) is 0 Å². The number of rotatable bonds is 3. The van der Waals surface area contributed by atoms with Crippen molar-refractivity contribution in [2.24, 2.45) is 5.73 Å². The zero-order chi connectivity index (χ0) is 11.7. The summed E-state index contributed by atoms with van der Waals surface area (Å²) >= 11 is 0. The Labute approximate surface area is 94.2 Å². The zero-order valence-corrected chi connectivity index (χ0v) is 9.53. The predicted octanol–water partition coefficient (Wildman–Crippen LogP) is 3.41. The molecule has 0 spiro atoms. The van der Waals surface area contributed by atoms with Gasteiger partial charge in [0.25, 0.3) is 0 Å². The molecule has 0 bridgehead atoms. The van der Waals surface area contributed by atoms with Gasteiger partial charge in [-0.15, -0.1) is 0 Å². The van der Waals surface area contributed by atoms with Gasteiger partial charge in [0.15, 0.2) is 0 Å². The van der Waals surface area contributed by atoms with Crippen LogP contribution in [0, 0.1) is 5.82 Å². The maximum Gasteiger partial charge on any atom is 0.137 e. The predicted molar refractivity (Wildman–Crippen MR) is 62.9 cm³/mol. The van der Waals surface area contributed by atoms with Crippen LogP contribution in [0.2, 0.25) is 0 Å². The van der Waals surface area contributed by atoms with Crippen LogP contribution in [-0.4, -0.2) is 6.04 Å². The largest absolute Gasteiger partial charge is 0.464 e. The van der Waals surface area contributed by atoms with Crippen molar-refractivity contribution in [3.63, 3.8) is 0 Å². The quantitative estimate of drug-likeness (QED) is 0.862. The van der Waals surface area contributed by atoms with E-state index in [4.69, 9.17) is 10.2 Å². The Hall–Kier alpha value is -1.35. The summed E-state index contributed by atoms with van der Waals surface area (Å²) in [7, 11) is 0. The normalized spacial score (nSPS) is 15.2. The summed E-state index contributed by atoms with van der Waals surface area (Å²) in [5.74, 6) is -0.0234. The molecule has 0 saturated carbocycles. The van der Waals surface area contributed by atoms with E-state index < -0.39 is 0 Å². The summed E-state index contributed by atoms with van der Waals surface area (Å²) in [6.45, 7) is 4.00. The van der Waals surface area contributed by atoms with Gasteiger partial charge in [-0.1, -0.05) is 6.92 Å². The number of hydrogen-bond donors (Lipinski definition) is 1. The molecule has 2 atom stereocenters. The second kappa shape index (κ2) is 4.26. The van der Waals surface area contributed by atoms with Crippen molar-refractivity contribution in [2.45, 2.75) is 32.2 Å². The van der Waals surface area contributed by atoms with E-state index in [2.05, 4.69) is 0 Å². The summed E-state index contributed by atoms with van der Waals surface area (Å²) < 4.78 is 18.8. The molecule has 0 aliphatic carbocycles. The van der Waals surface area contributed by atoms with Crippen LogP contribution in [0.1, 0.15) is 31.7 Å². The van der Waals surface area contributed by atoms with E-state index in [9.17, 15) is 4.39 Å². The maximum atomic E-state index is 13.4. The monoisotopic (exact) mass is 221 g/mol. The molecule has 3 heteroatoms. The minimum absolute atomic E-state index is 0.100. The van der Waals surface area contributed by atoms with Crippen molar-refractivity contribution in [3.8, 4) is 0 Å². The van der Waals surface area contributed by atoms with Crippen LogP contribution >= 0.6 is 0 Å². The summed E-state index contributed by atoms with van der Waals surface area (Å²) in [4.78, 5) is 0. The van der Waals surface area contributed by atoms with E-state index in [0.717, 1.165) is 23.0 Å². The Morgan fingerprint density at radius 2 is 2.12 bits per heavy atom. The van der Waals surface area contributed by atoms with Crippen LogP contribution < -0.4 is 5.73 Å². The number of furan rings is 1. The van der Waals surface area contributed by atoms with Crippen LogP contribution in [0.25, 0.3) is 11.0 Å². The average Bonchev–Trinajstić information content (AvgIpc) is 2.62. The minimum Gasteiger partial charge on any atom is -0.464 e. The SMILES string of the molecule is CC(N)CC(C)c1cc(F)cc2ccoc12. The Bertz CT molecular complexity index is 490. The number of halogens is 1. The number of nitrogens with two attached hydrogens (primary N) is 1. The third-order valence-corrected chi connectivity index (χ3v) is 2.80. The molecule has 2 N–H and O–H groups in total. The first kappa shape index (κ1) is 11.1. The molecular formula is C13H16FNO. The lowest BCUT2D eigenvalue weighted by Gasteiger charge is -2.14. The molecule has 2 unspecified atom stereocenters. The third-order valence-electron chi connectivity index (χ3n) is 2.80. The molecule has 1 aromatic carbocycles. The van der Waals surface area contributed by atoms with Gasteiger partial charge in [0.05, 0.1) is 6.26 Å². The fourth-order valence-corrected chi connectivity index (χ4v) is 2.12. The highest BCUT2D eigenvalue weighted by atomic mass is 19.1. The lowest BCUT2D eigenvalue weighted by Crippen LogP contribution is -2.17. The van der Waals surface area contributed by atoms with Crippen LogP contribution in [0.15, 0.2) is 28.9 Å². The van der Waals surface area contributed by atoms with Crippen LogP contribution in [-0.2, 0) is 0 Å². The molecule has 0 saturated heterocycles. The lowest BCUT2D eigenvalue weighted by atomic mass is 9.93. The van der Waals surface area contributed by atoms with Crippen molar-refractivity contribution in [2.75, 3.05) is 0 Å². The number of hydrogen-bond acceptors (Lipinski definition) is 2. The zero-order valence-electron chi connectivity index (χ0n) is 9.53. The van der Waals surface area contributed by atoms with Gasteiger partial charge < -0.3 is 10.2 Å². The Kier molecular flexibility index (Phi) is 2.97. The first-order chi connectivity index (χ1) is 7.58. The van der Waals surface area contributed by atoms with E-state index in [-0.39, 0.29) is 17.8 Å². The topological polar surface area (TPSA) is 39.2 Å². The van der Waals surface area contributed by atoms with Gasteiger partial charge in [0.1, 0.15) is 11.4 Å². The molecule has 1 heterocycles. The lowest BCUT2D eigenvalue weighted by molar-refractivity contribution is 0.560. The van der Waals surface area contributed by atoms with Gasteiger partial charge in [-0.3, -0.25) is 0 Å². The Balaban J connectivity index is 2.45. The van der Waals surface area contributed by atoms with Gasteiger partial charge >= 0.3 is 0 Å². The summed E-state index contributed by atoms with van der Waals surface area (Å²) in [6, 6.07) is 4.91. The average molecular weight is 221 g/mol. The molecule has 2 nitrogen and oxygen atoms in total. The van der Waals surface area contributed by atoms with Gasteiger partial charge in [-0.05, 0) is 37.5 Å². The number of benzene rings is 1. The third kappa shape index (κ3) is 2.09. The Morgan fingerprint density at radius 1 is 1.38 bits per heavy atom. The summed E-state index contributed by atoms with van der Waals surface area (Å²) in [5.41, 5.74) is 7.44. The first-order valence-electron chi connectivity index (χ1n) is 5.50. The second-order valence-electron chi connectivity index (χ2n) is 4.45. The van der Waals surface area contributed by atoms with Crippen LogP contribution in [0.4, 0.5) is 4.39 Å². The molecule has 0 fully saturated rings. The molecule has 2 rings (SSSR count). The van der Waals surface area contributed by atoms with Crippen molar-refractivity contribution in [3.05, 3.63) is 35.8 Å². The van der Waals surface area contributed by atoms with E-state index >= 15 is 0 Å². The van der Waals surface area contributed by atoms with Crippen molar-refractivity contribution >= 4 is 11.0 Å². The van der Waals surface area contributed by atoms with E-state index in [1.165, 1.54) is 6.07 Å². The molecular weight excluding hydrogens is 205 g/mol. The Morgan fingerprint density at radius 3 is 2.81 bits per heavy atom. The van der Waals surface area contributed by atoms with E-state index in [1.54, 1.807) is 18.4 Å². The highest BCUT2D eigenvalue weighted by Crippen LogP contribution is 2.30. The molecule has 0 aliphatic heterocycles. The van der Waals surface area contributed by atoms with Crippen molar-refractivity contribution in [1.82, 2.24) is 0 Å². The standard InChI is InChI=1S/C13H16FNO/c1-8(5-9(2)15)12-7-11(14)6-10-3-4-16-13(10)12/h3-4,6-9H,5,15H2,1-2H3. The molecule has 86 valence electrons. The first-order valence-corrected chi connectivity index (χ1v) is 5.50. The van der Waals surface area contributed by atoms with Crippen LogP contribution in [0.3, 0.4) is 0 Å². The molecule has 0 aliphatic rings. The smallest absolute Gasteiger partial charge is 0.137 e. The van der Waals surface area contributed by atoms with Gasteiger partial charge in [-0.2, -0.15) is 0 Å². The van der Waals surface area contributed by atoms with Crippen molar-refractivity contribution < 1.29 is 8.81 Å². The second-order valence-corrected chi connectivity index (χ2v) is 4.45. The summed E-state index contributed by atoms with van der Waals surface area (Å²) in [6.07, 6.45) is 2.41. The molecule has 2 aromatic rings. The highest BCUT2D eigenvalue weighted by Gasteiger charge is 2.15. The number of fused-ring (bicyclic) bond motifs is 1. The fourth-order valence-electron chi connectivity index (χ4n) is 2.12. The highest BCUT2D eigenvalue weighted by molar-refractivity contribution is 5.80. The molecule has 1 aromatic heterocycles. The molecule has 16 heavy (non-hydrogen) atoms.